The Morgan fingerprint density at radius 3 is 2.88 bits per heavy atom. The summed E-state index contributed by atoms with van der Waals surface area (Å²) in [7, 11) is 0. The van der Waals surface area contributed by atoms with Crippen molar-refractivity contribution >= 4 is 17.5 Å². The van der Waals surface area contributed by atoms with Crippen molar-refractivity contribution in [3.05, 3.63) is 60.3 Å². The molecule has 1 N–H and O–H groups in total. The average Bonchev–Trinajstić information content (AvgIpc) is 3.33. The molecule has 1 aliphatic rings. The minimum absolute atomic E-state index is 0.181. The zero-order valence-corrected chi connectivity index (χ0v) is 14.1. The Hall–Kier alpha value is -3.29. The van der Waals surface area contributed by atoms with Crippen LogP contribution in [0.25, 0.3) is 5.65 Å². The van der Waals surface area contributed by atoms with Crippen molar-refractivity contribution < 1.29 is 9.59 Å². The summed E-state index contributed by atoms with van der Waals surface area (Å²) in [6.45, 7) is 0.813. The third kappa shape index (κ3) is 3.01. The van der Waals surface area contributed by atoms with Gasteiger partial charge in [0.05, 0.1) is 6.54 Å². The SMILES string of the molecule is O=C(NCc1nnc2ccccn12)[C@@H]1CCCN1C(=O)c1ccccn1. The summed E-state index contributed by atoms with van der Waals surface area (Å²) in [5.41, 5.74) is 1.08. The number of aromatic nitrogens is 4. The molecular weight excluding hydrogens is 332 g/mol. The van der Waals surface area contributed by atoms with E-state index in [1.165, 1.54) is 0 Å². The van der Waals surface area contributed by atoms with Gasteiger partial charge in [-0.1, -0.05) is 12.1 Å². The molecule has 4 rings (SSSR count). The van der Waals surface area contributed by atoms with Gasteiger partial charge < -0.3 is 10.2 Å². The normalized spacial score (nSPS) is 16.8. The summed E-state index contributed by atoms with van der Waals surface area (Å²) in [5, 5.41) is 11.0. The Labute approximate surface area is 149 Å². The van der Waals surface area contributed by atoms with Gasteiger partial charge in [-0.25, -0.2) is 0 Å². The van der Waals surface area contributed by atoms with Gasteiger partial charge in [0.15, 0.2) is 11.5 Å². The topological polar surface area (TPSA) is 92.5 Å². The average molecular weight is 350 g/mol. The number of fused-ring (bicyclic) bond motifs is 1. The van der Waals surface area contributed by atoms with Crippen LogP contribution in [-0.4, -0.2) is 48.9 Å². The Bertz CT molecular complexity index is 939. The number of rotatable bonds is 4. The van der Waals surface area contributed by atoms with E-state index in [1.807, 2.05) is 28.8 Å². The lowest BCUT2D eigenvalue weighted by atomic mass is 10.2. The minimum Gasteiger partial charge on any atom is -0.347 e. The standard InChI is InChI=1S/C18H18N6O2/c25-17(20-12-16-22-21-15-8-2-4-10-24(15)16)14-7-5-11-23(14)18(26)13-6-1-3-9-19-13/h1-4,6,8-10,14H,5,7,11-12H2,(H,20,25)/t14-/m0/s1. The van der Waals surface area contributed by atoms with E-state index in [-0.39, 0.29) is 18.4 Å². The van der Waals surface area contributed by atoms with Crippen molar-refractivity contribution in [2.75, 3.05) is 6.54 Å². The molecule has 0 aromatic carbocycles. The molecule has 26 heavy (non-hydrogen) atoms. The second kappa shape index (κ2) is 6.91. The Morgan fingerprint density at radius 1 is 1.15 bits per heavy atom. The number of likely N-dealkylation sites (tertiary alicyclic amines) is 1. The van der Waals surface area contributed by atoms with Crippen LogP contribution in [-0.2, 0) is 11.3 Å². The number of carbonyl (C=O) groups is 2. The van der Waals surface area contributed by atoms with Gasteiger partial charge in [0.1, 0.15) is 11.7 Å². The molecule has 8 heteroatoms. The van der Waals surface area contributed by atoms with E-state index in [4.69, 9.17) is 0 Å². The van der Waals surface area contributed by atoms with E-state index in [0.717, 1.165) is 12.1 Å². The monoisotopic (exact) mass is 350 g/mol. The smallest absolute Gasteiger partial charge is 0.273 e. The van der Waals surface area contributed by atoms with E-state index in [0.29, 0.717) is 24.5 Å². The first-order valence-corrected chi connectivity index (χ1v) is 8.52. The number of hydrogen-bond donors (Lipinski definition) is 1. The molecule has 3 aromatic rings. The lowest BCUT2D eigenvalue weighted by Crippen LogP contribution is -2.46. The fraction of sp³-hybridized carbons (Fsp3) is 0.278. The molecule has 1 saturated heterocycles. The van der Waals surface area contributed by atoms with Gasteiger partial charge in [0, 0.05) is 18.9 Å². The highest BCUT2D eigenvalue weighted by atomic mass is 16.2. The van der Waals surface area contributed by atoms with Crippen molar-refractivity contribution in [1.29, 1.82) is 0 Å². The highest BCUT2D eigenvalue weighted by Crippen LogP contribution is 2.20. The lowest BCUT2D eigenvalue weighted by molar-refractivity contribution is -0.125. The molecule has 4 heterocycles. The predicted octanol–water partition coefficient (Wildman–Crippen LogP) is 1.05. The van der Waals surface area contributed by atoms with Crippen LogP contribution in [0, 0.1) is 0 Å². The van der Waals surface area contributed by atoms with Crippen LogP contribution in [0.1, 0.15) is 29.2 Å². The number of carbonyl (C=O) groups excluding carboxylic acids is 2. The van der Waals surface area contributed by atoms with Gasteiger partial charge in [0.25, 0.3) is 5.91 Å². The highest BCUT2D eigenvalue weighted by Gasteiger charge is 2.34. The maximum atomic E-state index is 12.6. The van der Waals surface area contributed by atoms with Crippen LogP contribution in [0.15, 0.2) is 48.8 Å². The van der Waals surface area contributed by atoms with Crippen LogP contribution in [0.4, 0.5) is 0 Å². The van der Waals surface area contributed by atoms with E-state index >= 15 is 0 Å². The molecule has 0 unspecified atom stereocenters. The summed E-state index contributed by atoms with van der Waals surface area (Å²) in [4.78, 5) is 31.0. The number of nitrogens with zero attached hydrogens (tertiary/aromatic N) is 5. The van der Waals surface area contributed by atoms with Crippen LogP contribution >= 0.6 is 0 Å². The molecule has 1 fully saturated rings. The molecule has 8 nitrogen and oxygen atoms in total. The zero-order valence-electron chi connectivity index (χ0n) is 14.1. The van der Waals surface area contributed by atoms with Gasteiger partial charge in [-0.05, 0) is 37.1 Å². The Morgan fingerprint density at radius 2 is 2.04 bits per heavy atom. The van der Waals surface area contributed by atoms with Gasteiger partial charge in [-0.2, -0.15) is 0 Å². The second-order valence-corrected chi connectivity index (χ2v) is 6.13. The maximum Gasteiger partial charge on any atom is 0.273 e. The first kappa shape index (κ1) is 16.2. The highest BCUT2D eigenvalue weighted by molar-refractivity contribution is 5.96. The van der Waals surface area contributed by atoms with Crippen molar-refractivity contribution in [1.82, 2.24) is 29.8 Å². The fourth-order valence-corrected chi connectivity index (χ4v) is 3.21. The summed E-state index contributed by atoms with van der Waals surface area (Å²) in [5.74, 6) is 0.255. The molecule has 1 aliphatic heterocycles. The van der Waals surface area contributed by atoms with Crippen LogP contribution in [0.3, 0.4) is 0 Å². The van der Waals surface area contributed by atoms with Gasteiger partial charge in [-0.15, -0.1) is 10.2 Å². The number of nitrogens with one attached hydrogen (secondary N) is 1. The first-order chi connectivity index (χ1) is 12.7. The third-order valence-electron chi connectivity index (χ3n) is 4.51. The van der Waals surface area contributed by atoms with Crippen molar-refractivity contribution in [2.24, 2.45) is 0 Å². The largest absolute Gasteiger partial charge is 0.347 e. The van der Waals surface area contributed by atoms with Crippen molar-refractivity contribution in [3.8, 4) is 0 Å². The molecule has 0 aliphatic carbocycles. The molecular formula is C18H18N6O2. The third-order valence-corrected chi connectivity index (χ3v) is 4.51. The zero-order chi connectivity index (χ0) is 17.9. The summed E-state index contributed by atoms with van der Waals surface area (Å²) in [6, 6.07) is 10.3. The molecule has 3 aromatic heterocycles. The maximum absolute atomic E-state index is 12.6. The van der Waals surface area contributed by atoms with E-state index < -0.39 is 6.04 Å². The van der Waals surface area contributed by atoms with Crippen molar-refractivity contribution in [2.45, 2.75) is 25.4 Å². The van der Waals surface area contributed by atoms with Crippen molar-refractivity contribution in [3.63, 3.8) is 0 Å². The molecule has 132 valence electrons. The van der Waals surface area contributed by atoms with Crippen LogP contribution < -0.4 is 5.32 Å². The van der Waals surface area contributed by atoms with E-state index in [2.05, 4.69) is 20.5 Å². The lowest BCUT2D eigenvalue weighted by Gasteiger charge is -2.23. The Balaban J connectivity index is 1.44. The number of hydrogen-bond acceptors (Lipinski definition) is 5. The molecule has 0 bridgehead atoms. The van der Waals surface area contributed by atoms with E-state index in [1.54, 1.807) is 29.3 Å². The summed E-state index contributed by atoms with van der Waals surface area (Å²) < 4.78 is 1.83. The van der Waals surface area contributed by atoms with Gasteiger partial charge in [-0.3, -0.25) is 19.0 Å². The molecule has 0 saturated carbocycles. The second-order valence-electron chi connectivity index (χ2n) is 6.13. The van der Waals surface area contributed by atoms with Crippen LogP contribution in [0.2, 0.25) is 0 Å². The molecule has 0 radical (unpaired) electrons. The first-order valence-electron chi connectivity index (χ1n) is 8.52. The number of pyridine rings is 2. The fourth-order valence-electron chi connectivity index (χ4n) is 3.21. The molecule has 0 spiro atoms. The Kier molecular flexibility index (Phi) is 4.30. The molecule has 2 amide bonds. The van der Waals surface area contributed by atoms with Gasteiger partial charge >= 0.3 is 0 Å². The summed E-state index contributed by atoms with van der Waals surface area (Å²) in [6.07, 6.45) is 4.87. The predicted molar refractivity (Wildman–Crippen MR) is 93.1 cm³/mol. The quantitative estimate of drug-likeness (QED) is 0.759. The molecule has 1 atom stereocenters. The van der Waals surface area contributed by atoms with Crippen LogP contribution in [0.5, 0.6) is 0 Å². The van der Waals surface area contributed by atoms with E-state index in [9.17, 15) is 9.59 Å². The number of amides is 2. The summed E-state index contributed by atoms with van der Waals surface area (Å²) >= 11 is 0. The van der Waals surface area contributed by atoms with Gasteiger partial charge in [0.2, 0.25) is 5.91 Å². The minimum atomic E-state index is -0.483.